The number of hydrogen-bond donors (Lipinski definition) is 0. The third kappa shape index (κ3) is 5.01. The minimum absolute atomic E-state index is 0.202. The highest BCUT2D eigenvalue weighted by Crippen LogP contribution is 2.19. The number of ether oxygens (including phenoxy) is 1. The number of sulfonamides is 1. The smallest absolute Gasteiger partial charge is 0.316 e. The molecular formula is C17H18ClN3O3S. The maximum absolute atomic E-state index is 12.5. The van der Waals surface area contributed by atoms with Crippen LogP contribution < -0.4 is 4.74 Å². The minimum atomic E-state index is -3.50. The summed E-state index contributed by atoms with van der Waals surface area (Å²) < 4.78 is 32.2. The van der Waals surface area contributed by atoms with Gasteiger partial charge in [0.2, 0.25) is 10.0 Å². The molecule has 0 bridgehead atoms. The van der Waals surface area contributed by atoms with E-state index in [0.717, 1.165) is 18.4 Å². The lowest BCUT2D eigenvalue weighted by molar-refractivity contribution is 0.120. The number of benzene rings is 1. The van der Waals surface area contributed by atoms with E-state index in [0.29, 0.717) is 11.6 Å². The summed E-state index contributed by atoms with van der Waals surface area (Å²) in [7, 11) is -3.50. The van der Waals surface area contributed by atoms with Crippen LogP contribution in [-0.2, 0) is 10.0 Å². The Kier molecular flexibility index (Phi) is 5.67. The van der Waals surface area contributed by atoms with Gasteiger partial charge in [-0.25, -0.2) is 18.4 Å². The molecule has 132 valence electrons. The first-order valence-electron chi connectivity index (χ1n) is 7.90. The zero-order valence-corrected chi connectivity index (χ0v) is 15.0. The quantitative estimate of drug-likeness (QED) is 0.798. The maximum atomic E-state index is 12.5. The van der Waals surface area contributed by atoms with Gasteiger partial charge in [-0.1, -0.05) is 41.9 Å². The van der Waals surface area contributed by atoms with Gasteiger partial charge in [0, 0.05) is 12.0 Å². The summed E-state index contributed by atoms with van der Waals surface area (Å²) >= 11 is 5.75. The standard InChI is InChI=1S/C17H18ClN3O3S/c18-15-11-19-17(20-12-15)24-16-7-4-9-21(13-16)25(22,23)10-8-14-5-2-1-3-6-14/h1-3,5-6,8,10-12,16H,4,7,9,13H2/b10-8+/t16-/m1/s1. The first-order valence-corrected chi connectivity index (χ1v) is 9.78. The summed E-state index contributed by atoms with van der Waals surface area (Å²) in [5.41, 5.74) is 0.838. The van der Waals surface area contributed by atoms with E-state index in [1.807, 2.05) is 30.3 Å². The average Bonchev–Trinajstić information content (AvgIpc) is 2.63. The molecule has 3 rings (SSSR count). The highest BCUT2D eigenvalue weighted by Gasteiger charge is 2.28. The average molecular weight is 380 g/mol. The molecule has 1 fully saturated rings. The van der Waals surface area contributed by atoms with Crippen LogP contribution in [0, 0.1) is 0 Å². The van der Waals surface area contributed by atoms with Crippen molar-refractivity contribution in [2.75, 3.05) is 13.1 Å². The highest BCUT2D eigenvalue weighted by molar-refractivity contribution is 7.92. The van der Waals surface area contributed by atoms with Gasteiger partial charge in [-0.2, -0.15) is 4.31 Å². The molecule has 1 aliphatic rings. The molecule has 0 aliphatic carbocycles. The molecule has 0 amide bonds. The largest absolute Gasteiger partial charge is 0.459 e. The van der Waals surface area contributed by atoms with E-state index in [4.69, 9.17) is 16.3 Å². The van der Waals surface area contributed by atoms with Gasteiger partial charge in [0.15, 0.2) is 0 Å². The molecule has 1 aromatic carbocycles. The zero-order chi connectivity index (χ0) is 17.7. The van der Waals surface area contributed by atoms with Gasteiger partial charge in [-0.15, -0.1) is 0 Å². The first kappa shape index (κ1) is 17.8. The summed E-state index contributed by atoms with van der Waals surface area (Å²) in [5, 5.41) is 1.66. The molecule has 6 nitrogen and oxygen atoms in total. The van der Waals surface area contributed by atoms with Crippen LogP contribution in [-0.4, -0.2) is 41.9 Å². The number of hydrogen-bond acceptors (Lipinski definition) is 5. The summed E-state index contributed by atoms with van der Waals surface area (Å²) in [6.45, 7) is 0.746. The molecule has 1 atom stereocenters. The molecule has 2 heterocycles. The lowest BCUT2D eigenvalue weighted by Crippen LogP contribution is -2.43. The fraction of sp³-hybridized carbons (Fsp3) is 0.294. The van der Waals surface area contributed by atoms with Gasteiger partial charge in [0.05, 0.1) is 24.0 Å². The van der Waals surface area contributed by atoms with Crippen molar-refractivity contribution in [3.05, 3.63) is 58.7 Å². The van der Waals surface area contributed by atoms with E-state index >= 15 is 0 Å². The second-order valence-electron chi connectivity index (χ2n) is 5.68. The van der Waals surface area contributed by atoms with Crippen molar-refractivity contribution in [2.24, 2.45) is 0 Å². The molecule has 0 spiro atoms. The van der Waals surface area contributed by atoms with E-state index in [1.165, 1.54) is 22.1 Å². The van der Waals surface area contributed by atoms with E-state index in [2.05, 4.69) is 9.97 Å². The Morgan fingerprint density at radius 3 is 2.64 bits per heavy atom. The first-order chi connectivity index (χ1) is 12.0. The SMILES string of the molecule is O=S(=O)(/C=C/c1ccccc1)N1CCC[C@@H](Oc2ncc(Cl)cn2)C1. The Labute approximate surface area is 152 Å². The van der Waals surface area contributed by atoms with Crippen molar-refractivity contribution in [1.82, 2.24) is 14.3 Å². The lowest BCUT2D eigenvalue weighted by Gasteiger charge is -2.30. The molecule has 2 aromatic rings. The van der Waals surface area contributed by atoms with Crippen LogP contribution in [0.4, 0.5) is 0 Å². The van der Waals surface area contributed by atoms with Crippen LogP contribution in [0.15, 0.2) is 48.1 Å². The summed E-state index contributed by atoms with van der Waals surface area (Å²) in [6, 6.07) is 9.52. The predicted octanol–water partition coefficient (Wildman–Crippen LogP) is 2.97. The maximum Gasteiger partial charge on any atom is 0.316 e. The number of halogens is 1. The molecule has 8 heteroatoms. The Balaban J connectivity index is 1.65. The summed E-state index contributed by atoms with van der Waals surface area (Å²) in [4.78, 5) is 7.98. The predicted molar refractivity (Wildman–Crippen MR) is 96.7 cm³/mol. The van der Waals surface area contributed by atoms with Crippen molar-refractivity contribution in [2.45, 2.75) is 18.9 Å². The van der Waals surface area contributed by atoms with Gasteiger partial charge in [0.25, 0.3) is 0 Å². The van der Waals surface area contributed by atoms with E-state index in [-0.39, 0.29) is 18.7 Å². The second kappa shape index (κ2) is 7.95. The number of aromatic nitrogens is 2. The molecule has 0 N–H and O–H groups in total. The Morgan fingerprint density at radius 1 is 1.20 bits per heavy atom. The van der Waals surface area contributed by atoms with Gasteiger partial charge in [0.1, 0.15) is 6.10 Å². The topological polar surface area (TPSA) is 72.4 Å². The van der Waals surface area contributed by atoms with Crippen LogP contribution in [0.25, 0.3) is 6.08 Å². The van der Waals surface area contributed by atoms with Gasteiger partial charge in [-0.05, 0) is 24.5 Å². The fourth-order valence-electron chi connectivity index (χ4n) is 2.56. The van der Waals surface area contributed by atoms with Crippen molar-refractivity contribution in [3.63, 3.8) is 0 Å². The highest BCUT2D eigenvalue weighted by atomic mass is 35.5. The van der Waals surface area contributed by atoms with E-state index in [9.17, 15) is 8.42 Å². The number of nitrogens with zero attached hydrogens (tertiary/aromatic N) is 3. The van der Waals surface area contributed by atoms with Gasteiger partial charge in [-0.3, -0.25) is 0 Å². The molecular weight excluding hydrogens is 362 g/mol. The Morgan fingerprint density at radius 2 is 1.92 bits per heavy atom. The van der Waals surface area contributed by atoms with Crippen molar-refractivity contribution >= 4 is 27.7 Å². The molecule has 0 radical (unpaired) electrons. The molecule has 25 heavy (non-hydrogen) atoms. The molecule has 0 saturated carbocycles. The normalized spacial score (nSPS) is 19.2. The van der Waals surface area contributed by atoms with Crippen molar-refractivity contribution in [1.29, 1.82) is 0 Å². The van der Waals surface area contributed by atoms with Crippen LogP contribution in [0.1, 0.15) is 18.4 Å². The summed E-state index contributed by atoms with van der Waals surface area (Å²) in [6.07, 6.45) is 5.68. The van der Waals surface area contributed by atoms with Crippen LogP contribution in [0.5, 0.6) is 6.01 Å². The van der Waals surface area contributed by atoms with Crippen molar-refractivity contribution in [3.8, 4) is 6.01 Å². The Hall–Kier alpha value is -1.96. The van der Waals surface area contributed by atoms with Gasteiger partial charge >= 0.3 is 6.01 Å². The van der Waals surface area contributed by atoms with E-state index in [1.54, 1.807) is 6.08 Å². The molecule has 1 aromatic heterocycles. The van der Waals surface area contributed by atoms with Crippen LogP contribution in [0.2, 0.25) is 5.02 Å². The third-order valence-electron chi connectivity index (χ3n) is 3.80. The number of piperidine rings is 1. The fourth-order valence-corrected chi connectivity index (χ4v) is 3.91. The van der Waals surface area contributed by atoms with Gasteiger partial charge < -0.3 is 4.74 Å². The molecule has 1 saturated heterocycles. The molecule has 1 aliphatic heterocycles. The number of rotatable bonds is 5. The summed E-state index contributed by atoms with van der Waals surface area (Å²) in [5.74, 6) is 0. The minimum Gasteiger partial charge on any atom is -0.459 e. The lowest BCUT2D eigenvalue weighted by atomic mass is 10.1. The molecule has 0 unspecified atom stereocenters. The van der Waals surface area contributed by atoms with Crippen LogP contribution in [0.3, 0.4) is 0 Å². The second-order valence-corrected chi connectivity index (χ2v) is 7.94. The van der Waals surface area contributed by atoms with Crippen molar-refractivity contribution < 1.29 is 13.2 Å². The zero-order valence-electron chi connectivity index (χ0n) is 13.5. The third-order valence-corrected chi connectivity index (χ3v) is 5.53. The monoisotopic (exact) mass is 379 g/mol. The Bertz CT molecular complexity index is 826. The van der Waals surface area contributed by atoms with Crippen LogP contribution >= 0.6 is 11.6 Å². The van der Waals surface area contributed by atoms with E-state index < -0.39 is 10.0 Å².